The molecule has 1 saturated heterocycles. The molecule has 1 saturated carbocycles. The smallest absolute Gasteiger partial charge is 0.343 e. The third-order valence-corrected chi connectivity index (χ3v) is 6.37. The molecule has 2 aliphatic carbocycles. The van der Waals surface area contributed by atoms with Gasteiger partial charge in [-0.2, -0.15) is 0 Å². The fraction of sp³-hybridized carbons (Fsp3) is 0.292. The first kappa shape index (κ1) is 17.9. The molecule has 0 N–H and O–H groups in total. The minimum Gasteiger partial charge on any atom is -0.423 e. The van der Waals surface area contributed by atoms with Gasteiger partial charge >= 0.3 is 5.97 Å². The molecular formula is C24H21NO4. The molecule has 2 aromatic rings. The van der Waals surface area contributed by atoms with E-state index in [1.54, 1.807) is 36.4 Å². The van der Waals surface area contributed by atoms with Crippen LogP contribution in [0.3, 0.4) is 0 Å². The monoisotopic (exact) mass is 387 g/mol. The summed E-state index contributed by atoms with van der Waals surface area (Å²) in [4.78, 5) is 39.5. The van der Waals surface area contributed by atoms with Crippen LogP contribution in [-0.4, -0.2) is 17.8 Å². The molecule has 2 amide bonds. The van der Waals surface area contributed by atoms with Crippen LogP contribution in [0.25, 0.3) is 0 Å². The number of anilines is 1. The number of imide groups is 1. The highest BCUT2D eigenvalue weighted by Crippen LogP contribution is 2.53. The van der Waals surface area contributed by atoms with Crippen molar-refractivity contribution in [2.45, 2.75) is 19.8 Å². The van der Waals surface area contributed by atoms with Gasteiger partial charge in [-0.05, 0) is 66.6 Å². The second kappa shape index (κ2) is 6.69. The summed E-state index contributed by atoms with van der Waals surface area (Å²) >= 11 is 0. The highest BCUT2D eigenvalue weighted by Gasteiger charge is 2.59. The predicted octanol–water partition coefficient (Wildman–Crippen LogP) is 3.78. The number of carbonyl (C=O) groups excluding carboxylic acids is 3. The number of amides is 2. The van der Waals surface area contributed by atoms with Gasteiger partial charge in [0, 0.05) is 0 Å². The summed E-state index contributed by atoms with van der Waals surface area (Å²) in [5.41, 5.74) is 2.05. The van der Waals surface area contributed by atoms with Gasteiger partial charge < -0.3 is 4.74 Å². The van der Waals surface area contributed by atoms with Gasteiger partial charge in [0.1, 0.15) is 5.75 Å². The Hall–Kier alpha value is -3.21. The molecule has 4 atom stereocenters. The first-order valence-electron chi connectivity index (χ1n) is 10.0. The fourth-order valence-electron chi connectivity index (χ4n) is 4.86. The van der Waals surface area contributed by atoms with Crippen LogP contribution in [0.1, 0.15) is 29.3 Å². The number of hydrogen-bond acceptors (Lipinski definition) is 4. The molecule has 29 heavy (non-hydrogen) atoms. The van der Waals surface area contributed by atoms with Gasteiger partial charge in [-0.15, -0.1) is 0 Å². The third-order valence-electron chi connectivity index (χ3n) is 6.37. The van der Waals surface area contributed by atoms with Crippen molar-refractivity contribution in [3.63, 3.8) is 0 Å². The van der Waals surface area contributed by atoms with Crippen molar-refractivity contribution in [1.82, 2.24) is 0 Å². The highest BCUT2D eigenvalue weighted by molar-refractivity contribution is 6.22. The van der Waals surface area contributed by atoms with Crippen LogP contribution in [0.2, 0.25) is 0 Å². The zero-order chi connectivity index (χ0) is 20.1. The number of carbonyl (C=O) groups is 3. The SMILES string of the molecule is CCc1ccc(OC(=O)c2ccc(N3C(=O)[C@@H]4[C@H](C3=O)[C@H]3C=C[C@H]4C3)cc2)cc1. The molecule has 2 fully saturated rings. The summed E-state index contributed by atoms with van der Waals surface area (Å²) < 4.78 is 5.41. The molecular weight excluding hydrogens is 366 g/mol. The zero-order valence-corrected chi connectivity index (χ0v) is 16.1. The Morgan fingerprint density at radius 1 is 0.931 bits per heavy atom. The number of esters is 1. The van der Waals surface area contributed by atoms with Crippen LogP contribution < -0.4 is 9.64 Å². The van der Waals surface area contributed by atoms with Gasteiger partial charge in [-0.1, -0.05) is 31.2 Å². The van der Waals surface area contributed by atoms with Crippen LogP contribution in [0, 0.1) is 23.7 Å². The molecule has 3 aliphatic rings. The van der Waals surface area contributed by atoms with Crippen LogP contribution in [-0.2, 0) is 16.0 Å². The average molecular weight is 387 g/mol. The second-order valence-electron chi connectivity index (χ2n) is 7.95. The van der Waals surface area contributed by atoms with E-state index in [0.29, 0.717) is 17.0 Å². The number of ether oxygens (including phenoxy) is 1. The van der Waals surface area contributed by atoms with Crippen LogP contribution in [0.15, 0.2) is 60.7 Å². The molecule has 0 spiro atoms. The number of allylic oxidation sites excluding steroid dienone is 2. The van der Waals surface area contributed by atoms with Gasteiger partial charge in [0.25, 0.3) is 0 Å². The molecule has 1 heterocycles. The molecule has 2 bridgehead atoms. The maximum absolute atomic E-state index is 12.9. The maximum atomic E-state index is 12.9. The lowest BCUT2D eigenvalue weighted by Gasteiger charge is -2.17. The van der Waals surface area contributed by atoms with E-state index in [4.69, 9.17) is 4.74 Å². The Balaban J connectivity index is 1.32. The van der Waals surface area contributed by atoms with E-state index in [9.17, 15) is 14.4 Å². The normalized spacial score (nSPS) is 26.9. The largest absolute Gasteiger partial charge is 0.423 e. The summed E-state index contributed by atoms with van der Waals surface area (Å²) in [6, 6.07) is 13.9. The summed E-state index contributed by atoms with van der Waals surface area (Å²) in [6.07, 6.45) is 5.98. The Labute approximate surface area is 169 Å². The van der Waals surface area contributed by atoms with Crippen molar-refractivity contribution in [2.24, 2.45) is 23.7 Å². The lowest BCUT2D eigenvalue weighted by molar-refractivity contribution is -0.123. The minimum absolute atomic E-state index is 0.122. The number of hydrogen-bond donors (Lipinski definition) is 0. The molecule has 0 aromatic heterocycles. The van der Waals surface area contributed by atoms with Gasteiger partial charge in [0.15, 0.2) is 0 Å². The summed E-state index contributed by atoms with van der Waals surface area (Å²) in [5, 5.41) is 0. The second-order valence-corrected chi connectivity index (χ2v) is 7.95. The van der Waals surface area contributed by atoms with Gasteiger partial charge in [0.05, 0.1) is 23.1 Å². The highest BCUT2D eigenvalue weighted by atomic mass is 16.5. The van der Waals surface area contributed by atoms with E-state index in [-0.39, 0.29) is 35.5 Å². The van der Waals surface area contributed by atoms with Crippen molar-refractivity contribution in [3.8, 4) is 5.75 Å². The third kappa shape index (κ3) is 2.80. The topological polar surface area (TPSA) is 63.7 Å². The first-order valence-corrected chi connectivity index (χ1v) is 10.0. The van der Waals surface area contributed by atoms with Crippen molar-refractivity contribution < 1.29 is 19.1 Å². The lowest BCUT2D eigenvalue weighted by atomic mass is 9.85. The maximum Gasteiger partial charge on any atom is 0.343 e. The van der Waals surface area contributed by atoms with Crippen LogP contribution in [0.5, 0.6) is 5.75 Å². The van der Waals surface area contributed by atoms with Crippen LogP contribution >= 0.6 is 0 Å². The van der Waals surface area contributed by atoms with Gasteiger partial charge in [0.2, 0.25) is 11.8 Å². The number of fused-ring (bicyclic) bond motifs is 5. The average Bonchev–Trinajstić information content (AvgIpc) is 3.42. The standard InChI is InChI=1S/C24H21NO4/c1-2-14-3-11-19(12-4-14)29-24(28)15-7-9-18(10-8-15)25-22(26)20-16-5-6-17(13-16)21(20)23(25)27/h3-12,16-17,20-21H,2,13H2,1H3/t16-,17-,20-,21+/m0/s1. The van der Waals surface area contributed by atoms with E-state index >= 15 is 0 Å². The zero-order valence-electron chi connectivity index (χ0n) is 16.1. The summed E-state index contributed by atoms with van der Waals surface area (Å²) in [7, 11) is 0. The number of nitrogens with zero attached hydrogens (tertiary/aromatic N) is 1. The van der Waals surface area contributed by atoms with E-state index < -0.39 is 5.97 Å². The van der Waals surface area contributed by atoms with Crippen LogP contribution in [0.4, 0.5) is 5.69 Å². The Morgan fingerprint density at radius 3 is 2.07 bits per heavy atom. The number of aryl methyl sites for hydroxylation is 1. The van der Waals surface area contributed by atoms with Crippen molar-refractivity contribution in [3.05, 3.63) is 71.8 Å². The molecule has 146 valence electrons. The van der Waals surface area contributed by atoms with Crippen molar-refractivity contribution in [1.29, 1.82) is 0 Å². The Morgan fingerprint density at radius 2 is 1.52 bits per heavy atom. The molecule has 5 heteroatoms. The molecule has 1 aliphatic heterocycles. The minimum atomic E-state index is -0.473. The predicted molar refractivity (Wildman–Crippen MR) is 107 cm³/mol. The fourth-order valence-corrected chi connectivity index (χ4v) is 4.86. The van der Waals surface area contributed by atoms with Crippen molar-refractivity contribution in [2.75, 3.05) is 4.90 Å². The number of rotatable bonds is 4. The van der Waals surface area contributed by atoms with E-state index in [1.165, 1.54) is 10.5 Å². The Kier molecular flexibility index (Phi) is 4.12. The first-order chi connectivity index (χ1) is 14.1. The number of benzene rings is 2. The molecule has 0 unspecified atom stereocenters. The van der Waals surface area contributed by atoms with E-state index in [1.807, 2.05) is 12.1 Å². The summed E-state index contributed by atoms with van der Waals surface area (Å²) in [6.45, 7) is 2.06. The lowest BCUT2D eigenvalue weighted by Crippen LogP contribution is -2.32. The molecule has 5 nitrogen and oxygen atoms in total. The van der Waals surface area contributed by atoms with E-state index in [0.717, 1.165) is 12.8 Å². The molecule has 5 rings (SSSR count). The van der Waals surface area contributed by atoms with Crippen molar-refractivity contribution >= 4 is 23.5 Å². The molecule has 0 radical (unpaired) electrons. The van der Waals surface area contributed by atoms with Gasteiger partial charge in [-0.25, -0.2) is 4.79 Å². The Bertz CT molecular complexity index is 992. The molecule has 2 aromatic carbocycles. The summed E-state index contributed by atoms with van der Waals surface area (Å²) in [5.74, 6) is -0.330. The van der Waals surface area contributed by atoms with Gasteiger partial charge in [-0.3, -0.25) is 14.5 Å². The quantitative estimate of drug-likeness (QED) is 0.347. The van der Waals surface area contributed by atoms with E-state index in [2.05, 4.69) is 19.1 Å².